The van der Waals surface area contributed by atoms with Crippen LogP contribution >= 0.6 is 11.3 Å². The molecule has 24 heavy (non-hydrogen) atoms. The van der Waals surface area contributed by atoms with Crippen molar-refractivity contribution in [3.63, 3.8) is 0 Å². The van der Waals surface area contributed by atoms with Crippen LogP contribution in [-0.2, 0) is 16.0 Å². The van der Waals surface area contributed by atoms with E-state index >= 15 is 0 Å². The smallest absolute Gasteiger partial charge is 0.341 e. The summed E-state index contributed by atoms with van der Waals surface area (Å²) in [4.78, 5) is 24.3. The van der Waals surface area contributed by atoms with Crippen molar-refractivity contribution in [2.45, 2.75) is 13.3 Å². The van der Waals surface area contributed by atoms with Gasteiger partial charge < -0.3 is 10.1 Å². The van der Waals surface area contributed by atoms with E-state index in [1.807, 2.05) is 42.5 Å². The van der Waals surface area contributed by atoms with Gasteiger partial charge in [0.2, 0.25) is 5.91 Å². The van der Waals surface area contributed by atoms with Crippen LogP contribution in [0.5, 0.6) is 0 Å². The van der Waals surface area contributed by atoms with Crippen LogP contribution in [-0.4, -0.2) is 18.5 Å². The molecular weight excluding hydrogens is 322 g/mol. The lowest BCUT2D eigenvalue weighted by molar-refractivity contribution is -0.115. The molecule has 3 rings (SSSR count). The van der Waals surface area contributed by atoms with Gasteiger partial charge >= 0.3 is 5.97 Å². The van der Waals surface area contributed by atoms with E-state index in [2.05, 4.69) is 5.32 Å². The quantitative estimate of drug-likeness (QED) is 0.707. The van der Waals surface area contributed by atoms with Gasteiger partial charge in [0.15, 0.2) is 0 Å². The molecule has 122 valence electrons. The molecule has 0 radical (unpaired) electrons. The molecule has 1 heterocycles. The van der Waals surface area contributed by atoms with Crippen LogP contribution in [0.3, 0.4) is 0 Å². The second kappa shape index (κ2) is 7.27. The molecular formula is C19H17NO3S. The maximum absolute atomic E-state index is 12.4. The van der Waals surface area contributed by atoms with Crippen molar-refractivity contribution in [2.24, 2.45) is 0 Å². The first-order valence-electron chi connectivity index (χ1n) is 7.70. The molecule has 0 unspecified atom stereocenters. The van der Waals surface area contributed by atoms with E-state index in [9.17, 15) is 9.59 Å². The number of hydrogen-bond donors (Lipinski definition) is 1. The third-order valence-electron chi connectivity index (χ3n) is 3.64. The molecule has 0 bridgehead atoms. The average Bonchev–Trinajstić information content (AvgIpc) is 3.03. The second-order valence-corrected chi connectivity index (χ2v) is 6.16. The highest BCUT2D eigenvalue weighted by molar-refractivity contribution is 7.14. The van der Waals surface area contributed by atoms with Gasteiger partial charge in [-0.05, 0) is 34.7 Å². The van der Waals surface area contributed by atoms with Gasteiger partial charge in [0, 0.05) is 0 Å². The number of anilines is 1. The third kappa shape index (κ3) is 3.46. The molecule has 2 aromatic carbocycles. The van der Waals surface area contributed by atoms with Crippen molar-refractivity contribution in [3.8, 4) is 0 Å². The number of benzene rings is 2. The first-order chi connectivity index (χ1) is 11.7. The number of carbonyl (C=O) groups is 2. The minimum absolute atomic E-state index is 0.153. The van der Waals surface area contributed by atoms with Gasteiger partial charge in [-0.1, -0.05) is 42.5 Å². The fraction of sp³-hybridized carbons (Fsp3) is 0.158. The standard InChI is InChI=1S/C19H17NO3S/c1-2-23-19(22)16-10-11-24-18(16)20-17(21)12-14-8-5-7-13-6-3-4-9-15(13)14/h3-11H,2,12H2,1H3,(H,20,21). The number of hydrogen-bond acceptors (Lipinski definition) is 4. The number of esters is 1. The molecule has 1 amide bonds. The second-order valence-electron chi connectivity index (χ2n) is 5.25. The summed E-state index contributed by atoms with van der Waals surface area (Å²) < 4.78 is 5.00. The highest BCUT2D eigenvalue weighted by atomic mass is 32.1. The molecule has 0 saturated heterocycles. The van der Waals surface area contributed by atoms with Crippen LogP contribution in [0.25, 0.3) is 10.8 Å². The van der Waals surface area contributed by atoms with Crippen LogP contribution in [0.15, 0.2) is 53.9 Å². The van der Waals surface area contributed by atoms with E-state index in [1.165, 1.54) is 11.3 Å². The van der Waals surface area contributed by atoms with Crippen molar-refractivity contribution in [3.05, 3.63) is 65.0 Å². The minimum atomic E-state index is -0.417. The highest BCUT2D eigenvalue weighted by Crippen LogP contribution is 2.25. The molecule has 0 spiro atoms. The van der Waals surface area contributed by atoms with E-state index in [1.54, 1.807) is 18.4 Å². The normalized spacial score (nSPS) is 10.5. The molecule has 1 aromatic heterocycles. The molecule has 0 fully saturated rings. The van der Waals surface area contributed by atoms with Crippen molar-refractivity contribution in [1.29, 1.82) is 0 Å². The Morgan fingerprint density at radius 3 is 2.71 bits per heavy atom. The summed E-state index contributed by atoms with van der Waals surface area (Å²) in [6.45, 7) is 2.06. The van der Waals surface area contributed by atoms with Crippen molar-refractivity contribution >= 4 is 39.0 Å². The lowest BCUT2D eigenvalue weighted by Crippen LogP contribution is -2.16. The maximum Gasteiger partial charge on any atom is 0.341 e. The van der Waals surface area contributed by atoms with Crippen LogP contribution in [0.4, 0.5) is 5.00 Å². The summed E-state index contributed by atoms with van der Waals surface area (Å²) >= 11 is 1.31. The molecule has 0 atom stereocenters. The Bertz CT molecular complexity index is 880. The third-order valence-corrected chi connectivity index (χ3v) is 4.47. The average molecular weight is 339 g/mol. The lowest BCUT2D eigenvalue weighted by atomic mass is 10.0. The number of nitrogens with one attached hydrogen (secondary N) is 1. The lowest BCUT2D eigenvalue weighted by Gasteiger charge is -2.08. The first-order valence-corrected chi connectivity index (χ1v) is 8.58. The summed E-state index contributed by atoms with van der Waals surface area (Å²) in [7, 11) is 0. The van der Waals surface area contributed by atoms with E-state index in [4.69, 9.17) is 4.74 Å². The maximum atomic E-state index is 12.4. The molecule has 0 aliphatic rings. The summed E-state index contributed by atoms with van der Waals surface area (Å²) in [5, 5.41) is 7.28. The summed E-state index contributed by atoms with van der Waals surface area (Å²) in [6, 6.07) is 15.5. The monoisotopic (exact) mass is 339 g/mol. The van der Waals surface area contributed by atoms with Crippen LogP contribution in [0, 0.1) is 0 Å². The Labute approximate surface area is 144 Å². The number of ether oxygens (including phenoxy) is 1. The highest BCUT2D eigenvalue weighted by Gasteiger charge is 2.16. The minimum Gasteiger partial charge on any atom is -0.462 e. The molecule has 0 aliphatic carbocycles. The van der Waals surface area contributed by atoms with Crippen molar-refractivity contribution in [1.82, 2.24) is 0 Å². The van der Waals surface area contributed by atoms with Gasteiger partial charge in [0.25, 0.3) is 0 Å². The first kappa shape index (κ1) is 16.2. The molecule has 5 heteroatoms. The van der Waals surface area contributed by atoms with Gasteiger partial charge in [-0.2, -0.15) is 0 Å². The van der Waals surface area contributed by atoms with Crippen LogP contribution < -0.4 is 5.32 Å². The van der Waals surface area contributed by atoms with Gasteiger partial charge in [-0.25, -0.2) is 4.79 Å². The van der Waals surface area contributed by atoms with E-state index < -0.39 is 5.97 Å². The van der Waals surface area contributed by atoms with Crippen LogP contribution in [0.2, 0.25) is 0 Å². The number of thiophene rings is 1. The zero-order valence-electron chi connectivity index (χ0n) is 13.2. The Kier molecular flexibility index (Phi) is 4.91. The Morgan fingerprint density at radius 2 is 1.88 bits per heavy atom. The number of amides is 1. The van der Waals surface area contributed by atoms with Crippen molar-refractivity contribution in [2.75, 3.05) is 11.9 Å². The number of rotatable bonds is 5. The summed E-state index contributed by atoms with van der Waals surface area (Å²) in [6.07, 6.45) is 0.252. The fourth-order valence-corrected chi connectivity index (χ4v) is 3.36. The number of fused-ring (bicyclic) bond motifs is 1. The predicted octanol–water partition coefficient (Wildman–Crippen LogP) is 4.26. The van der Waals surface area contributed by atoms with Crippen LogP contribution in [0.1, 0.15) is 22.8 Å². The van der Waals surface area contributed by atoms with Gasteiger partial charge in [0.05, 0.1) is 18.6 Å². The summed E-state index contributed by atoms with van der Waals surface area (Å²) in [5.41, 5.74) is 1.35. The Hall–Kier alpha value is -2.66. The summed E-state index contributed by atoms with van der Waals surface area (Å²) in [5.74, 6) is -0.571. The largest absolute Gasteiger partial charge is 0.462 e. The molecule has 0 saturated carbocycles. The zero-order valence-corrected chi connectivity index (χ0v) is 14.1. The van der Waals surface area contributed by atoms with E-state index in [-0.39, 0.29) is 12.3 Å². The van der Waals surface area contributed by atoms with Gasteiger partial charge in [0.1, 0.15) is 5.00 Å². The topological polar surface area (TPSA) is 55.4 Å². The zero-order chi connectivity index (χ0) is 16.9. The SMILES string of the molecule is CCOC(=O)c1ccsc1NC(=O)Cc1cccc2ccccc12. The Balaban J connectivity index is 1.77. The van der Waals surface area contributed by atoms with Gasteiger partial charge in [-0.3, -0.25) is 4.79 Å². The molecule has 4 nitrogen and oxygen atoms in total. The molecule has 0 aliphatic heterocycles. The van der Waals surface area contributed by atoms with Crippen molar-refractivity contribution < 1.29 is 14.3 Å². The van der Waals surface area contributed by atoms with Gasteiger partial charge in [-0.15, -0.1) is 11.3 Å². The fourth-order valence-electron chi connectivity index (χ4n) is 2.57. The molecule has 1 N–H and O–H groups in total. The van der Waals surface area contributed by atoms with E-state index in [0.29, 0.717) is 17.2 Å². The Morgan fingerprint density at radius 1 is 1.08 bits per heavy atom. The predicted molar refractivity (Wildman–Crippen MR) is 96.6 cm³/mol. The number of carbonyl (C=O) groups excluding carboxylic acids is 2. The van der Waals surface area contributed by atoms with E-state index in [0.717, 1.165) is 16.3 Å². The molecule has 3 aromatic rings.